The number of likely N-dealkylation sites (N-methyl/N-ethyl adjacent to an activating group) is 2. The summed E-state index contributed by atoms with van der Waals surface area (Å²) in [5, 5.41) is 0. The first kappa shape index (κ1) is 25.0. The van der Waals surface area contributed by atoms with Gasteiger partial charge in [-0.3, -0.25) is 0 Å². The predicted molar refractivity (Wildman–Crippen MR) is 132 cm³/mol. The zero-order valence-electron chi connectivity index (χ0n) is 20.6. The fraction of sp³-hybridized carbons (Fsp3) is 0.481. The van der Waals surface area contributed by atoms with E-state index in [-0.39, 0.29) is 0 Å². The first-order valence-electron chi connectivity index (χ1n) is 11.3. The van der Waals surface area contributed by atoms with E-state index < -0.39 is 0 Å². The molecule has 0 amide bonds. The summed E-state index contributed by atoms with van der Waals surface area (Å²) in [6, 6.07) is 16.9. The highest BCUT2D eigenvalue weighted by molar-refractivity contribution is 5.81. The Morgan fingerprint density at radius 1 is 0.710 bits per heavy atom. The average Bonchev–Trinajstić information content (AvgIpc) is 2.68. The fourth-order valence-corrected chi connectivity index (χ4v) is 3.07. The van der Waals surface area contributed by atoms with E-state index in [1.165, 1.54) is 16.7 Å². The molecule has 0 heterocycles. The molecule has 2 rings (SSSR count). The van der Waals surface area contributed by atoms with Crippen molar-refractivity contribution >= 4 is 11.6 Å². The van der Waals surface area contributed by atoms with Gasteiger partial charge in [-0.1, -0.05) is 43.7 Å². The van der Waals surface area contributed by atoms with E-state index in [4.69, 9.17) is 9.47 Å². The molecule has 170 valence electrons. The Balaban J connectivity index is 2.02. The van der Waals surface area contributed by atoms with Gasteiger partial charge in [-0.15, -0.1) is 0 Å². The molecule has 2 aromatic rings. The lowest BCUT2D eigenvalue weighted by Crippen LogP contribution is -2.38. The van der Waals surface area contributed by atoms with Gasteiger partial charge in [0, 0.05) is 0 Å². The van der Waals surface area contributed by atoms with Crippen molar-refractivity contribution in [1.29, 1.82) is 0 Å². The van der Waals surface area contributed by atoms with E-state index in [9.17, 15) is 0 Å². The molecule has 0 aromatic heterocycles. The lowest BCUT2D eigenvalue weighted by Gasteiger charge is -2.23. The summed E-state index contributed by atoms with van der Waals surface area (Å²) in [4.78, 5) is 0. The van der Waals surface area contributed by atoms with Crippen molar-refractivity contribution < 1.29 is 18.4 Å². The molecule has 0 radical (unpaired) electrons. The van der Waals surface area contributed by atoms with Gasteiger partial charge in [0.1, 0.15) is 37.8 Å². The van der Waals surface area contributed by atoms with E-state index in [0.717, 1.165) is 59.6 Å². The number of rotatable bonds is 12. The van der Waals surface area contributed by atoms with Crippen LogP contribution >= 0.6 is 0 Å². The van der Waals surface area contributed by atoms with Crippen LogP contribution in [0.1, 0.15) is 30.9 Å². The summed E-state index contributed by atoms with van der Waals surface area (Å²) in [5.41, 5.74) is 3.80. The van der Waals surface area contributed by atoms with Crippen LogP contribution in [-0.4, -0.2) is 77.6 Å². The molecule has 2 aromatic carbocycles. The summed E-state index contributed by atoms with van der Waals surface area (Å²) in [5.74, 6) is 1.86. The molecule has 0 aliphatic heterocycles. The van der Waals surface area contributed by atoms with Crippen LogP contribution in [0.3, 0.4) is 0 Å². The first-order chi connectivity index (χ1) is 14.6. The van der Waals surface area contributed by atoms with Crippen molar-refractivity contribution in [1.82, 2.24) is 0 Å². The number of allylic oxidation sites excluding steroid dienone is 1. The van der Waals surface area contributed by atoms with Gasteiger partial charge in [-0.25, -0.2) is 0 Å². The number of ether oxygens (including phenoxy) is 2. The van der Waals surface area contributed by atoms with Crippen molar-refractivity contribution in [2.45, 2.75) is 19.8 Å². The van der Waals surface area contributed by atoms with Crippen LogP contribution in [-0.2, 0) is 0 Å². The molecule has 0 fully saturated rings. The maximum Gasteiger partial charge on any atom is 0.137 e. The Bertz CT molecular complexity index is 810. The normalized spacial score (nSPS) is 12.7. The smallest absolute Gasteiger partial charge is 0.137 e. The van der Waals surface area contributed by atoms with Crippen LogP contribution in [0.5, 0.6) is 11.5 Å². The highest BCUT2D eigenvalue weighted by Crippen LogP contribution is 2.26. The van der Waals surface area contributed by atoms with Crippen molar-refractivity contribution in [2.24, 2.45) is 0 Å². The van der Waals surface area contributed by atoms with Gasteiger partial charge in [0.25, 0.3) is 0 Å². The summed E-state index contributed by atoms with van der Waals surface area (Å²) in [6.07, 6.45) is 4.44. The highest BCUT2D eigenvalue weighted by Gasteiger charge is 2.08. The van der Waals surface area contributed by atoms with E-state index in [1.807, 2.05) is 0 Å². The number of hydrogen-bond donors (Lipinski definition) is 0. The Morgan fingerprint density at radius 3 is 1.58 bits per heavy atom. The number of nitrogens with zero attached hydrogens (tertiary/aromatic N) is 2. The molecule has 4 heteroatoms. The van der Waals surface area contributed by atoms with Crippen molar-refractivity contribution in [3.05, 3.63) is 59.7 Å². The molecule has 0 unspecified atom stereocenters. The van der Waals surface area contributed by atoms with Gasteiger partial charge in [0.05, 0.1) is 42.3 Å². The lowest BCUT2D eigenvalue weighted by molar-refractivity contribution is -0.870. The van der Waals surface area contributed by atoms with Crippen LogP contribution in [0.25, 0.3) is 11.6 Å². The SMILES string of the molecule is CCC/C(=C/c1ccc(OCC[N+](C)(C)C)cc1)c1ccc(OCC[N+](C)(C)C)cc1. The largest absolute Gasteiger partial charge is 0.488 e. The Labute approximate surface area is 189 Å². The molecule has 0 spiro atoms. The van der Waals surface area contributed by atoms with Crippen LogP contribution in [0.2, 0.25) is 0 Å². The molecule has 4 nitrogen and oxygen atoms in total. The van der Waals surface area contributed by atoms with Crippen LogP contribution in [0.4, 0.5) is 0 Å². The third kappa shape index (κ3) is 10.0. The third-order valence-electron chi connectivity index (χ3n) is 5.03. The second-order valence-corrected chi connectivity index (χ2v) is 10.2. The average molecular weight is 427 g/mol. The molecular weight excluding hydrogens is 384 g/mol. The molecule has 0 aliphatic rings. The van der Waals surface area contributed by atoms with E-state index in [1.54, 1.807) is 0 Å². The standard InChI is InChI=1S/C27H42N2O2/c1-8-9-25(24-12-16-27(17-13-24)31-21-19-29(5,6)7)22-23-10-14-26(15-11-23)30-20-18-28(2,3)4/h10-17,22H,8-9,18-21H2,1-7H3/q+2/b25-22-. The highest BCUT2D eigenvalue weighted by atomic mass is 16.5. The topological polar surface area (TPSA) is 18.5 Å². The van der Waals surface area contributed by atoms with Gasteiger partial charge < -0.3 is 18.4 Å². The monoisotopic (exact) mass is 426 g/mol. The van der Waals surface area contributed by atoms with Gasteiger partial charge in [-0.05, 0) is 47.4 Å². The zero-order chi connectivity index (χ0) is 22.9. The van der Waals surface area contributed by atoms with E-state index >= 15 is 0 Å². The summed E-state index contributed by atoms with van der Waals surface area (Å²) in [7, 11) is 13.1. The Morgan fingerprint density at radius 2 is 1.16 bits per heavy atom. The molecule has 0 saturated carbocycles. The number of hydrogen-bond acceptors (Lipinski definition) is 2. The Hall–Kier alpha value is -2.30. The molecule has 31 heavy (non-hydrogen) atoms. The summed E-state index contributed by atoms with van der Waals surface area (Å²) < 4.78 is 13.6. The molecular formula is C27H42N2O2+2. The molecule has 0 N–H and O–H groups in total. The van der Waals surface area contributed by atoms with Crippen molar-refractivity contribution in [2.75, 3.05) is 68.6 Å². The van der Waals surface area contributed by atoms with Crippen LogP contribution in [0.15, 0.2) is 48.5 Å². The lowest BCUT2D eigenvalue weighted by atomic mass is 9.98. The van der Waals surface area contributed by atoms with Crippen LogP contribution in [0, 0.1) is 0 Å². The van der Waals surface area contributed by atoms with Gasteiger partial charge in [0.15, 0.2) is 0 Å². The quantitative estimate of drug-likeness (QED) is 0.343. The third-order valence-corrected chi connectivity index (χ3v) is 5.03. The van der Waals surface area contributed by atoms with E-state index in [2.05, 4.69) is 104 Å². The Kier molecular flexibility index (Phi) is 9.15. The first-order valence-corrected chi connectivity index (χ1v) is 11.3. The minimum absolute atomic E-state index is 0.725. The molecule has 0 saturated heterocycles. The summed E-state index contributed by atoms with van der Waals surface area (Å²) in [6.45, 7) is 5.64. The molecule has 0 bridgehead atoms. The number of quaternary nitrogens is 2. The maximum atomic E-state index is 5.91. The van der Waals surface area contributed by atoms with E-state index in [0.29, 0.717) is 0 Å². The fourth-order valence-electron chi connectivity index (χ4n) is 3.07. The van der Waals surface area contributed by atoms with Gasteiger partial charge >= 0.3 is 0 Å². The van der Waals surface area contributed by atoms with Gasteiger partial charge in [-0.2, -0.15) is 0 Å². The second kappa shape index (κ2) is 11.4. The molecule has 0 atom stereocenters. The van der Waals surface area contributed by atoms with Crippen LogP contribution < -0.4 is 9.47 Å². The van der Waals surface area contributed by atoms with Crippen molar-refractivity contribution in [3.63, 3.8) is 0 Å². The second-order valence-electron chi connectivity index (χ2n) is 10.2. The maximum absolute atomic E-state index is 5.91. The van der Waals surface area contributed by atoms with Gasteiger partial charge in [0.2, 0.25) is 0 Å². The van der Waals surface area contributed by atoms with Crippen molar-refractivity contribution in [3.8, 4) is 11.5 Å². The number of benzene rings is 2. The molecule has 0 aliphatic carbocycles. The minimum Gasteiger partial charge on any atom is -0.488 e. The predicted octanol–water partition coefficient (Wildman–Crippen LogP) is 5.20. The summed E-state index contributed by atoms with van der Waals surface area (Å²) >= 11 is 0. The minimum atomic E-state index is 0.725. The zero-order valence-corrected chi connectivity index (χ0v) is 20.6.